The predicted molar refractivity (Wildman–Crippen MR) is 182 cm³/mol. The minimum atomic E-state index is -4.73. The van der Waals surface area contributed by atoms with Crippen molar-refractivity contribution in [3.05, 3.63) is 111 Å². The van der Waals surface area contributed by atoms with Crippen LogP contribution < -0.4 is 10.2 Å². The molecule has 2 aromatic carbocycles. The normalized spacial score (nSPS) is 13.3. The minimum absolute atomic E-state index is 0.0408. The van der Waals surface area contributed by atoms with Gasteiger partial charge in [0.1, 0.15) is 28.9 Å². The van der Waals surface area contributed by atoms with Gasteiger partial charge in [0, 0.05) is 16.5 Å². The number of hydrogen-bond donors (Lipinski definition) is 2. The molecule has 4 aromatic rings. The number of benzene rings is 2. The lowest BCUT2D eigenvalue weighted by atomic mass is 10.0. The maximum atomic E-state index is 13.2. The molecule has 0 spiro atoms. The predicted octanol–water partition coefficient (Wildman–Crippen LogP) is 8.61. The number of halogens is 3. The zero-order chi connectivity index (χ0) is 36.4. The fourth-order valence-electron chi connectivity index (χ4n) is 5.03. The highest BCUT2D eigenvalue weighted by Gasteiger charge is 2.36. The Kier molecular flexibility index (Phi) is 13.1. The van der Waals surface area contributed by atoms with Gasteiger partial charge in [-0.3, -0.25) is 9.59 Å². The fourth-order valence-corrected chi connectivity index (χ4v) is 6.09. The number of esters is 1. The number of Topliss-reactive ketones (excluding diaryl/α,β-unsaturated/α-hetero) is 1. The van der Waals surface area contributed by atoms with Crippen LogP contribution in [-0.4, -0.2) is 40.9 Å². The van der Waals surface area contributed by atoms with Crippen molar-refractivity contribution in [1.29, 1.82) is 0 Å². The first kappa shape index (κ1) is 38.1. The minimum Gasteiger partial charge on any atom is -0.507 e. The first-order chi connectivity index (χ1) is 23.8. The van der Waals surface area contributed by atoms with E-state index in [2.05, 4.69) is 4.74 Å². The number of allylic oxidation sites excluding steroid dienone is 3. The highest BCUT2D eigenvalue weighted by atomic mass is 32.2. The summed E-state index contributed by atoms with van der Waals surface area (Å²) in [5, 5.41) is 21.0. The molecule has 266 valence electrons. The summed E-state index contributed by atoms with van der Waals surface area (Å²) in [6.07, 6.45) is 4.23. The molecule has 0 saturated carbocycles. The maximum Gasteiger partial charge on any atom is 0.449 e. The largest absolute Gasteiger partial charge is 0.507 e. The van der Waals surface area contributed by atoms with Crippen molar-refractivity contribution < 1.29 is 51.3 Å². The summed E-state index contributed by atoms with van der Waals surface area (Å²) in [6.45, 7) is 3.78. The molecule has 2 N–H and O–H groups in total. The number of furan rings is 1. The Morgan fingerprint density at radius 1 is 1.04 bits per heavy atom. The monoisotopic (exact) mass is 714 g/mol. The van der Waals surface area contributed by atoms with Gasteiger partial charge in [-0.15, -0.1) is 11.8 Å². The van der Waals surface area contributed by atoms with Crippen LogP contribution >= 0.6 is 11.8 Å². The molecule has 0 bridgehead atoms. The summed E-state index contributed by atoms with van der Waals surface area (Å²) in [7, 11) is 1.15. The molecule has 4 rings (SSSR count). The van der Waals surface area contributed by atoms with E-state index in [1.54, 1.807) is 36.4 Å². The van der Waals surface area contributed by atoms with Crippen LogP contribution in [0.3, 0.4) is 0 Å². The SMILES string of the molecule is CCCc1c(OCCCC/C=C\C=C\[C@H](Sc2ccc3c(=O)cc(C(=O)OC)oc3c2)[C@H](O)c2ccc(C(F)(F)F)o2)ccc(C(C)=O)c1O. The van der Waals surface area contributed by atoms with E-state index in [4.69, 9.17) is 13.6 Å². The van der Waals surface area contributed by atoms with Gasteiger partial charge in [-0.2, -0.15) is 13.2 Å². The molecule has 9 nitrogen and oxygen atoms in total. The number of fused-ring (bicyclic) bond motifs is 1. The number of aliphatic hydroxyl groups is 1. The van der Waals surface area contributed by atoms with E-state index in [9.17, 15) is 37.8 Å². The van der Waals surface area contributed by atoms with Gasteiger partial charge in [-0.1, -0.05) is 37.6 Å². The molecular formula is C37H37F3O9S. The molecule has 13 heteroatoms. The number of thioether (sulfide) groups is 1. The number of rotatable bonds is 16. The highest BCUT2D eigenvalue weighted by Crippen LogP contribution is 2.38. The second-order valence-corrected chi connectivity index (χ2v) is 12.5. The fraction of sp³-hybridized carbons (Fsp3) is 0.324. The van der Waals surface area contributed by atoms with Crippen LogP contribution in [-0.2, 0) is 17.3 Å². The lowest BCUT2D eigenvalue weighted by Gasteiger charge is -2.18. The van der Waals surface area contributed by atoms with E-state index in [0.717, 1.165) is 49.9 Å². The molecular weight excluding hydrogens is 677 g/mol. The lowest BCUT2D eigenvalue weighted by molar-refractivity contribution is -0.153. The van der Waals surface area contributed by atoms with Crippen LogP contribution in [0.2, 0.25) is 0 Å². The number of ketones is 1. The maximum absolute atomic E-state index is 13.2. The van der Waals surface area contributed by atoms with Crippen molar-refractivity contribution in [1.82, 2.24) is 0 Å². The van der Waals surface area contributed by atoms with Gasteiger partial charge in [0.25, 0.3) is 0 Å². The number of carbonyl (C=O) groups excluding carboxylic acids is 2. The summed E-state index contributed by atoms with van der Waals surface area (Å²) < 4.78 is 60.6. The van der Waals surface area contributed by atoms with Crippen LogP contribution in [0.15, 0.2) is 91.4 Å². The quantitative estimate of drug-likeness (QED) is 0.0382. The van der Waals surface area contributed by atoms with Crippen LogP contribution in [0.25, 0.3) is 11.0 Å². The third-order valence-electron chi connectivity index (χ3n) is 7.56. The van der Waals surface area contributed by atoms with Crippen molar-refractivity contribution in [2.24, 2.45) is 0 Å². The zero-order valence-electron chi connectivity index (χ0n) is 27.6. The Hall–Kier alpha value is -4.75. The van der Waals surface area contributed by atoms with E-state index >= 15 is 0 Å². The van der Waals surface area contributed by atoms with E-state index in [0.29, 0.717) is 42.1 Å². The molecule has 2 atom stereocenters. The number of phenolic OH excluding ortho intramolecular Hbond substituents is 1. The number of alkyl halides is 3. The number of hydrogen-bond acceptors (Lipinski definition) is 10. The van der Waals surface area contributed by atoms with E-state index in [-0.39, 0.29) is 39.6 Å². The smallest absolute Gasteiger partial charge is 0.449 e. The third-order valence-corrected chi connectivity index (χ3v) is 8.77. The van der Waals surface area contributed by atoms with Gasteiger partial charge < -0.3 is 28.5 Å². The number of phenols is 1. The summed E-state index contributed by atoms with van der Waals surface area (Å²) >= 11 is 1.09. The molecule has 0 fully saturated rings. The van der Waals surface area contributed by atoms with E-state index in [1.807, 2.05) is 13.0 Å². The molecule has 2 aromatic heterocycles. The molecule has 0 radical (unpaired) electrons. The Morgan fingerprint density at radius 2 is 1.82 bits per heavy atom. The number of unbranched alkanes of at least 4 members (excludes halogenated alkanes) is 2. The number of aromatic hydroxyl groups is 1. The van der Waals surface area contributed by atoms with Crippen molar-refractivity contribution in [3.63, 3.8) is 0 Å². The van der Waals surface area contributed by atoms with Crippen LogP contribution in [0.5, 0.6) is 11.5 Å². The summed E-state index contributed by atoms with van der Waals surface area (Å²) in [4.78, 5) is 36.7. The number of aliphatic hydroxyl groups excluding tert-OH is 1. The van der Waals surface area contributed by atoms with Crippen LogP contribution in [0.4, 0.5) is 13.2 Å². The van der Waals surface area contributed by atoms with Gasteiger partial charge in [0.05, 0.1) is 29.9 Å². The molecule has 0 aliphatic rings. The van der Waals surface area contributed by atoms with Crippen LogP contribution in [0, 0.1) is 0 Å². The standard InChI is InChI=1S/C37H37F3O9S/c1-4-11-26-28(16-15-24(22(2)41)34(26)43)47-19-10-8-6-5-7-9-12-32(35(44)29-17-18-33(49-29)37(38,39)40)50-23-13-14-25-27(42)21-31(36(45)46-3)48-30(25)20-23/h5,7,9,12-18,20-21,32,35,43-44H,4,6,8,10-11,19H2,1-3H3/b7-5-,12-9+/t32-,35+/m0/s1. The van der Waals surface area contributed by atoms with E-state index < -0.39 is 34.7 Å². The molecule has 0 aliphatic heterocycles. The Morgan fingerprint density at radius 3 is 2.50 bits per heavy atom. The summed E-state index contributed by atoms with van der Waals surface area (Å²) in [5.74, 6) is -2.36. The van der Waals surface area contributed by atoms with Crippen LogP contribution in [0.1, 0.15) is 83.6 Å². The summed E-state index contributed by atoms with van der Waals surface area (Å²) in [5.41, 5.74) is 0.508. The van der Waals surface area contributed by atoms with Crippen molar-refractivity contribution in [3.8, 4) is 11.5 Å². The number of methoxy groups -OCH3 is 1. The Balaban J connectivity index is 1.43. The second kappa shape index (κ2) is 17.3. The van der Waals surface area contributed by atoms with Crippen molar-refractivity contribution in [2.75, 3.05) is 13.7 Å². The lowest BCUT2D eigenvalue weighted by Crippen LogP contribution is -2.12. The van der Waals surface area contributed by atoms with Gasteiger partial charge in [-0.25, -0.2) is 4.79 Å². The third kappa shape index (κ3) is 9.69. The van der Waals surface area contributed by atoms with E-state index in [1.165, 1.54) is 19.1 Å². The Labute approximate surface area is 290 Å². The highest BCUT2D eigenvalue weighted by molar-refractivity contribution is 8.00. The second-order valence-electron chi connectivity index (χ2n) is 11.3. The molecule has 50 heavy (non-hydrogen) atoms. The van der Waals surface area contributed by atoms with Gasteiger partial charge >= 0.3 is 12.1 Å². The van der Waals surface area contributed by atoms with Crippen molar-refractivity contribution >= 4 is 34.5 Å². The zero-order valence-corrected chi connectivity index (χ0v) is 28.4. The molecule has 0 saturated heterocycles. The average Bonchev–Trinajstić information content (AvgIpc) is 3.59. The molecule has 0 unspecified atom stereocenters. The molecule has 0 amide bonds. The van der Waals surface area contributed by atoms with Gasteiger partial charge in [0.2, 0.25) is 11.5 Å². The molecule has 2 heterocycles. The Bertz CT molecular complexity index is 1920. The summed E-state index contributed by atoms with van der Waals surface area (Å²) in [6, 6.07) is 10.7. The first-order valence-electron chi connectivity index (χ1n) is 15.8. The van der Waals surface area contributed by atoms with Gasteiger partial charge in [-0.05, 0) is 75.1 Å². The van der Waals surface area contributed by atoms with Crippen molar-refractivity contribution in [2.45, 2.75) is 68.4 Å². The van der Waals surface area contributed by atoms with Gasteiger partial charge in [0.15, 0.2) is 11.2 Å². The first-order valence-corrected chi connectivity index (χ1v) is 16.7. The molecule has 0 aliphatic carbocycles. The number of ether oxygens (including phenoxy) is 2. The average molecular weight is 715 g/mol. The topological polar surface area (TPSA) is 136 Å². The number of carbonyl (C=O) groups is 2.